The predicted molar refractivity (Wildman–Crippen MR) is 105 cm³/mol. The van der Waals surface area contributed by atoms with E-state index < -0.39 is 0 Å². The van der Waals surface area contributed by atoms with Crippen LogP contribution < -0.4 is 24.8 Å². The first-order chi connectivity index (χ1) is 11.2. The molecular weight excluding hydrogens is 411 g/mol. The molecule has 145 valence electrons. The number of benzene rings is 2. The van der Waals surface area contributed by atoms with E-state index in [9.17, 15) is 0 Å². The summed E-state index contributed by atoms with van der Waals surface area (Å²) in [4.78, 5) is 0. The molecule has 0 heterocycles. The van der Waals surface area contributed by atoms with E-state index in [0.717, 1.165) is 0 Å². The molecule has 0 aromatic heterocycles. The van der Waals surface area contributed by atoms with Crippen LogP contribution in [0.2, 0.25) is 0 Å². The van der Waals surface area contributed by atoms with Gasteiger partial charge in [0.25, 0.3) is 0 Å². The number of aliphatic hydroxyl groups is 1. The molecule has 2 aromatic rings. The third kappa shape index (κ3) is 7.76. The summed E-state index contributed by atoms with van der Waals surface area (Å²) in [5.74, 6) is 0.502. The molecule has 0 fully saturated rings. The summed E-state index contributed by atoms with van der Waals surface area (Å²) in [6.07, 6.45) is 2.34. The molecule has 0 saturated carbocycles. The Hall–Kier alpha value is -0.566. The van der Waals surface area contributed by atoms with E-state index >= 15 is 0 Å². The Morgan fingerprint density at radius 1 is 1.00 bits per heavy atom. The Morgan fingerprint density at radius 2 is 1.56 bits per heavy atom. The van der Waals surface area contributed by atoms with Crippen molar-refractivity contribution in [2.75, 3.05) is 6.61 Å². The first-order valence-electron chi connectivity index (χ1n) is 8.65. The van der Waals surface area contributed by atoms with Crippen LogP contribution in [0.3, 0.4) is 0 Å². The van der Waals surface area contributed by atoms with Gasteiger partial charge in [-0.2, -0.15) is 0 Å². The summed E-state index contributed by atoms with van der Waals surface area (Å²) in [6.45, 7) is 12.9. The van der Waals surface area contributed by atoms with Crippen LogP contribution in [-0.4, -0.2) is 11.7 Å². The summed E-state index contributed by atoms with van der Waals surface area (Å²) in [5, 5.41) is 10.9. The molecule has 4 heteroatoms. The van der Waals surface area contributed by atoms with Crippen LogP contribution in [0.15, 0.2) is 53.6 Å². The van der Waals surface area contributed by atoms with Crippen molar-refractivity contribution in [3.63, 3.8) is 0 Å². The van der Waals surface area contributed by atoms with Gasteiger partial charge >= 0.3 is 21.7 Å². The fourth-order valence-corrected chi connectivity index (χ4v) is 2.86. The Kier molecular flexibility index (Phi) is 12.8. The van der Waals surface area contributed by atoms with Gasteiger partial charge in [0, 0.05) is 6.61 Å². The SMILES string of the molecule is CC(C)(C)CO.CC1=CC(C)C(c2[c-]c3ccccc3cc2)=C1C.[Cl-].[Cl-].[Ti+3]. The maximum Gasteiger partial charge on any atom is 3.00 e. The molecular formula is C23H29Cl2OTi. The molecule has 3 rings (SSSR count). The molecule has 0 saturated heterocycles. The van der Waals surface area contributed by atoms with Gasteiger partial charge in [0.2, 0.25) is 0 Å². The monoisotopic (exact) mass is 439 g/mol. The molecule has 1 nitrogen and oxygen atoms in total. The van der Waals surface area contributed by atoms with Crippen molar-refractivity contribution in [1.29, 1.82) is 0 Å². The Labute approximate surface area is 192 Å². The van der Waals surface area contributed by atoms with Crippen molar-refractivity contribution >= 4 is 16.3 Å². The minimum absolute atomic E-state index is 0. The third-order valence-corrected chi connectivity index (χ3v) is 4.38. The first-order valence-corrected chi connectivity index (χ1v) is 8.65. The Balaban J connectivity index is 0. The van der Waals surface area contributed by atoms with Crippen LogP contribution in [0, 0.1) is 17.4 Å². The zero-order valence-electron chi connectivity index (χ0n) is 17.0. The van der Waals surface area contributed by atoms with E-state index in [1.807, 2.05) is 20.8 Å². The van der Waals surface area contributed by atoms with Gasteiger partial charge in [-0.25, -0.2) is 0 Å². The number of allylic oxidation sites excluding steroid dienone is 4. The average Bonchev–Trinajstić information content (AvgIpc) is 2.79. The number of halogens is 2. The second-order valence-corrected chi connectivity index (χ2v) is 7.86. The normalized spacial score (nSPS) is 15.7. The molecule has 0 amide bonds. The van der Waals surface area contributed by atoms with Crippen LogP contribution in [0.4, 0.5) is 0 Å². The fraction of sp³-hybridized carbons (Fsp3) is 0.391. The fourth-order valence-electron chi connectivity index (χ4n) is 2.86. The average molecular weight is 440 g/mol. The van der Waals surface area contributed by atoms with Crippen molar-refractivity contribution in [3.8, 4) is 0 Å². The van der Waals surface area contributed by atoms with Gasteiger partial charge in [-0.05, 0) is 25.2 Å². The summed E-state index contributed by atoms with van der Waals surface area (Å²) < 4.78 is 0. The molecule has 1 aliphatic carbocycles. The van der Waals surface area contributed by atoms with Gasteiger partial charge in [-0.1, -0.05) is 74.1 Å². The summed E-state index contributed by atoms with van der Waals surface area (Å²) >= 11 is 0. The minimum atomic E-state index is 0. The summed E-state index contributed by atoms with van der Waals surface area (Å²) in [7, 11) is 0. The van der Waals surface area contributed by atoms with E-state index in [2.05, 4.69) is 69.3 Å². The number of aliphatic hydroxyl groups excluding tert-OH is 1. The molecule has 1 atom stereocenters. The number of hydrogen-bond acceptors (Lipinski definition) is 1. The van der Waals surface area contributed by atoms with Gasteiger partial charge in [0.05, 0.1) is 0 Å². The molecule has 0 spiro atoms. The van der Waals surface area contributed by atoms with Gasteiger partial charge in [0.15, 0.2) is 0 Å². The van der Waals surface area contributed by atoms with Crippen LogP contribution >= 0.6 is 0 Å². The predicted octanol–water partition coefficient (Wildman–Crippen LogP) is 0.0398. The second kappa shape index (κ2) is 12.1. The molecule has 0 bridgehead atoms. The van der Waals surface area contributed by atoms with E-state index in [1.165, 1.54) is 33.1 Å². The van der Waals surface area contributed by atoms with E-state index in [-0.39, 0.29) is 58.6 Å². The van der Waals surface area contributed by atoms with Crippen molar-refractivity contribution < 1.29 is 51.6 Å². The van der Waals surface area contributed by atoms with Gasteiger partial charge < -0.3 is 29.9 Å². The summed E-state index contributed by atoms with van der Waals surface area (Å²) in [5.41, 5.74) is 5.58. The largest absolute Gasteiger partial charge is 3.00 e. The maximum atomic E-state index is 8.40. The molecule has 1 radical (unpaired) electrons. The zero-order valence-corrected chi connectivity index (χ0v) is 20.1. The standard InChI is InChI=1S/C18H17.C5H12O.2ClH.Ti/c1-12-10-13(2)18(14(12)3)17-9-8-15-6-4-5-7-16(15)11-17;1-5(2,3)4-6;;;/h4-10,13H,1-3H3;6H,4H2,1-3H3;2*1H;/q-1;;;;+3/p-2. The van der Waals surface area contributed by atoms with Gasteiger partial charge in [0.1, 0.15) is 0 Å². The minimum Gasteiger partial charge on any atom is -1.00 e. The van der Waals surface area contributed by atoms with Crippen LogP contribution in [-0.2, 0) is 21.7 Å². The van der Waals surface area contributed by atoms with Crippen LogP contribution in [0.5, 0.6) is 0 Å². The molecule has 0 aliphatic heterocycles. The molecule has 1 aliphatic rings. The van der Waals surface area contributed by atoms with E-state index in [1.54, 1.807) is 0 Å². The smallest absolute Gasteiger partial charge is 1.00 e. The Bertz CT molecular complexity index is 788. The van der Waals surface area contributed by atoms with Crippen molar-refractivity contribution in [2.45, 2.75) is 41.5 Å². The Morgan fingerprint density at radius 3 is 2.04 bits per heavy atom. The van der Waals surface area contributed by atoms with E-state index in [4.69, 9.17) is 5.11 Å². The number of hydrogen-bond donors (Lipinski definition) is 1. The number of rotatable bonds is 1. The zero-order chi connectivity index (χ0) is 17.9. The van der Waals surface area contributed by atoms with Crippen molar-refractivity contribution in [2.24, 2.45) is 11.3 Å². The van der Waals surface area contributed by atoms with Gasteiger partial charge in [-0.3, -0.25) is 0 Å². The third-order valence-electron chi connectivity index (χ3n) is 4.38. The first kappa shape index (κ1) is 28.6. The summed E-state index contributed by atoms with van der Waals surface area (Å²) in [6, 6.07) is 16.4. The second-order valence-electron chi connectivity index (χ2n) is 7.86. The molecule has 1 N–H and O–H groups in total. The van der Waals surface area contributed by atoms with Crippen molar-refractivity contribution in [1.82, 2.24) is 0 Å². The maximum absolute atomic E-state index is 8.40. The topological polar surface area (TPSA) is 20.2 Å². The van der Waals surface area contributed by atoms with Crippen molar-refractivity contribution in [3.05, 3.63) is 65.3 Å². The van der Waals surface area contributed by atoms with Crippen LogP contribution in [0.1, 0.15) is 47.1 Å². The molecule has 1 unspecified atom stereocenters. The molecule has 27 heavy (non-hydrogen) atoms. The van der Waals surface area contributed by atoms with Gasteiger partial charge in [-0.15, -0.1) is 35.2 Å². The van der Waals surface area contributed by atoms with E-state index in [0.29, 0.717) is 5.92 Å². The van der Waals surface area contributed by atoms with Crippen LogP contribution in [0.25, 0.3) is 16.3 Å². The quantitative estimate of drug-likeness (QED) is 0.491. The molecule has 2 aromatic carbocycles. The number of fused-ring (bicyclic) bond motifs is 1.